The van der Waals surface area contributed by atoms with Gasteiger partial charge in [-0.15, -0.1) is 0 Å². The predicted octanol–water partition coefficient (Wildman–Crippen LogP) is 2.11. The molecule has 0 aliphatic carbocycles. The highest BCUT2D eigenvalue weighted by molar-refractivity contribution is 5.71. The molecule has 1 aromatic heterocycles. The van der Waals surface area contributed by atoms with Crippen LogP contribution in [0.2, 0.25) is 0 Å². The van der Waals surface area contributed by atoms with E-state index in [9.17, 15) is 4.79 Å². The zero-order valence-corrected chi connectivity index (χ0v) is 12.6. The summed E-state index contributed by atoms with van der Waals surface area (Å²) in [5.41, 5.74) is 0.402. The van der Waals surface area contributed by atoms with Crippen LogP contribution in [0.15, 0.2) is 35.7 Å². The predicted molar refractivity (Wildman–Crippen MR) is 79.6 cm³/mol. The Labute approximate surface area is 124 Å². The first-order valence-corrected chi connectivity index (χ1v) is 6.92. The Morgan fingerprint density at radius 3 is 2.81 bits per heavy atom. The SMILES string of the molecule is CC(C)(C)OC(=O)CCN1C=CC(c2cccnn2)C=N1. The van der Waals surface area contributed by atoms with Crippen molar-refractivity contribution in [1.29, 1.82) is 0 Å². The Morgan fingerprint density at radius 2 is 2.24 bits per heavy atom. The second kappa shape index (κ2) is 6.47. The van der Waals surface area contributed by atoms with E-state index in [0.717, 1.165) is 5.69 Å². The van der Waals surface area contributed by atoms with Crippen LogP contribution < -0.4 is 0 Å². The van der Waals surface area contributed by atoms with Crippen molar-refractivity contribution in [3.8, 4) is 0 Å². The number of rotatable bonds is 4. The number of aromatic nitrogens is 2. The molecule has 1 atom stereocenters. The number of carbonyl (C=O) groups excluding carboxylic acids is 1. The Bertz CT molecular complexity index is 520. The van der Waals surface area contributed by atoms with Gasteiger partial charge in [-0.3, -0.25) is 9.80 Å². The zero-order chi connectivity index (χ0) is 15.3. The number of hydrazone groups is 1. The minimum absolute atomic E-state index is 0.0245. The Morgan fingerprint density at radius 1 is 1.43 bits per heavy atom. The maximum Gasteiger partial charge on any atom is 0.308 e. The van der Waals surface area contributed by atoms with Crippen molar-refractivity contribution in [2.24, 2.45) is 5.10 Å². The standard InChI is InChI=1S/C15H20N4O2/c1-15(2,3)21-14(20)7-10-19-9-6-12(11-17-19)13-5-4-8-16-18-13/h4-6,8-9,11-12H,7,10H2,1-3H3. The quantitative estimate of drug-likeness (QED) is 0.794. The molecule has 0 aromatic carbocycles. The third-order valence-corrected chi connectivity index (χ3v) is 2.74. The van der Waals surface area contributed by atoms with Gasteiger partial charge >= 0.3 is 5.97 Å². The third-order valence-electron chi connectivity index (χ3n) is 2.74. The van der Waals surface area contributed by atoms with E-state index < -0.39 is 5.60 Å². The molecular formula is C15H20N4O2. The van der Waals surface area contributed by atoms with E-state index in [4.69, 9.17) is 4.74 Å². The lowest BCUT2D eigenvalue weighted by atomic mass is 10.1. The van der Waals surface area contributed by atoms with Gasteiger partial charge in [-0.05, 0) is 32.9 Å². The number of allylic oxidation sites excluding steroid dienone is 1. The molecule has 1 aliphatic heterocycles. The second-order valence-corrected chi connectivity index (χ2v) is 5.78. The number of nitrogens with zero attached hydrogens (tertiary/aromatic N) is 4. The lowest BCUT2D eigenvalue weighted by molar-refractivity contribution is -0.155. The van der Waals surface area contributed by atoms with Crippen LogP contribution in [0, 0.1) is 0 Å². The molecule has 112 valence electrons. The molecule has 1 aromatic rings. The van der Waals surface area contributed by atoms with Crippen LogP contribution in [0.1, 0.15) is 38.8 Å². The normalized spacial score (nSPS) is 17.9. The first-order valence-electron chi connectivity index (χ1n) is 6.92. The summed E-state index contributed by atoms with van der Waals surface area (Å²) in [5, 5.41) is 13.9. The summed E-state index contributed by atoms with van der Waals surface area (Å²) in [4.78, 5) is 11.6. The molecular weight excluding hydrogens is 268 g/mol. The molecule has 0 amide bonds. The molecule has 6 nitrogen and oxygen atoms in total. The molecule has 0 fully saturated rings. The van der Waals surface area contributed by atoms with Gasteiger partial charge in [-0.1, -0.05) is 6.08 Å². The Kier molecular flexibility index (Phi) is 4.67. The van der Waals surface area contributed by atoms with Gasteiger partial charge < -0.3 is 4.74 Å². The molecule has 1 unspecified atom stereocenters. The number of carbonyl (C=O) groups is 1. The lowest BCUT2D eigenvalue weighted by Crippen LogP contribution is -2.26. The van der Waals surface area contributed by atoms with Crippen LogP contribution in [0.4, 0.5) is 0 Å². The maximum atomic E-state index is 11.6. The monoisotopic (exact) mass is 288 g/mol. The maximum absolute atomic E-state index is 11.6. The van der Waals surface area contributed by atoms with Gasteiger partial charge in [0.2, 0.25) is 0 Å². The van der Waals surface area contributed by atoms with Gasteiger partial charge in [-0.25, -0.2) is 0 Å². The summed E-state index contributed by atoms with van der Waals surface area (Å²) in [7, 11) is 0. The minimum atomic E-state index is -0.449. The van der Waals surface area contributed by atoms with Crippen molar-refractivity contribution in [1.82, 2.24) is 15.2 Å². The van der Waals surface area contributed by atoms with Gasteiger partial charge in [-0.2, -0.15) is 15.3 Å². The van der Waals surface area contributed by atoms with Gasteiger partial charge in [0.25, 0.3) is 0 Å². The number of ether oxygens (including phenoxy) is 1. The largest absolute Gasteiger partial charge is 0.460 e. The summed E-state index contributed by atoms with van der Waals surface area (Å²) < 4.78 is 5.26. The topological polar surface area (TPSA) is 67.7 Å². The van der Waals surface area contributed by atoms with E-state index >= 15 is 0 Å². The fourth-order valence-electron chi connectivity index (χ4n) is 1.83. The van der Waals surface area contributed by atoms with Gasteiger partial charge in [0.05, 0.1) is 24.6 Å². The summed E-state index contributed by atoms with van der Waals surface area (Å²) in [6.45, 7) is 6.06. The summed E-state index contributed by atoms with van der Waals surface area (Å²) in [5.74, 6) is -0.196. The smallest absolute Gasteiger partial charge is 0.308 e. The van der Waals surface area contributed by atoms with Crippen molar-refractivity contribution in [2.75, 3.05) is 6.54 Å². The van der Waals surface area contributed by atoms with Crippen molar-refractivity contribution in [2.45, 2.75) is 38.7 Å². The fraction of sp³-hybridized carbons (Fsp3) is 0.467. The Balaban J connectivity index is 1.81. The third kappa shape index (κ3) is 4.98. The van der Waals surface area contributed by atoms with Gasteiger partial charge in [0.15, 0.2) is 0 Å². The molecule has 0 bridgehead atoms. The van der Waals surface area contributed by atoms with Crippen LogP contribution in [-0.2, 0) is 9.53 Å². The van der Waals surface area contributed by atoms with Crippen molar-refractivity contribution in [3.63, 3.8) is 0 Å². The number of hydrogen-bond donors (Lipinski definition) is 0. The van der Waals surface area contributed by atoms with E-state index in [2.05, 4.69) is 15.3 Å². The Hall–Kier alpha value is -2.24. The van der Waals surface area contributed by atoms with Gasteiger partial charge in [0.1, 0.15) is 5.60 Å². The summed E-state index contributed by atoms with van der Waals surface area (Å²) in [6, 6.07) is 3.75. The van der Waals surface area contributed by atoms with Gasteiger partial charge in [0, 0.05) is 18.6 Å². The molecule has 0 N–H and O–H groups in total. The van der Waals surface area contributed by atoms with E-state index in [-0.39, 0.29) is 11.9 Å². The van der Waals surface area contributed by atoms with Crippen LogP contribution >= 0.6 is 0 Å². The molecule has 1 aliphatic rings. The zero-order valence-electron chi connectivity index (χ0n) is 12.6. The molecule has 2 heterocycles. The van der Waals surface area contributed by atoms with E-state index in [1.54, 1.807) is 17.4 Å². The lowest BCUT2D eigenvalue weighted by Gasteiger charge is -2.22. The highest BCUT2D eigenvalue weighted by Gasteiger charge is 2.17. The average Bonchev–Trinajstić information content (AvgIpc) is 2.45. The van der Waals surface area contributed by atoms with E-state index in [1.807, 2.05) is 45.2 Å². The van der Waals surface area contributed by atoms with E-state index in [0.29, 0.717) is 13.0 Å². The number of hydrogen-bond acceptors (Lipinski definition) is 6. The first-order chi connectivity index (χ1) is 9.94. The second-order valence-electron chi connectivity index (χ2n) is 5.78. The highest BCUT2D eigenvalue weighted by atomic mass is 16.6. The molecule has 0 radical (unpaired) electrons. The molecule has 21 heavy (non-hydrogen) atoms. The fourth-order valence-corrected chi connectivity index (χ4v) is 1.83. The van der Waals surface area contributed by atoms with Crippen molar-refractivity contribution in [3.05, 3.63) is 36.3 Å². The number of esters is 1. The highest BCUT2D eigenvalue weighted by Crippen LogP contribution is 2.16. The first kappa shape index (κ1) is 15.2. The summed E-state index contributed by atoms with van der Waals surface area (Å²) in [6.07, 6.45) is 7.56. The van der Waals surface area contributed by atoms with Crippen LogP contribution in [0.5, 0.6) is 0 Å². The van der Waals surface area contributed by atoms with Crippen LogP contribution in [-0.4, -0.2) is 39.5 Å². The molecule has 0 saturated carbocycles. The van der Waals surface area contributed by atoms with Crippen molar-refractivity contribution < 1.29 is 9.53 Å². The minimum Gasteiger partial charge on any atom is -0.460 e. The summed E-state index contributed by atoms with van der Waals surface area (Å²) >= 11 is 0. The van der Waals surface area contributed by atoms with Crippen molar-refractivity contribution >= 4 is 12.2 Å². The molecule has 0 spiro atoms. The van der Waals surface area contributed by atoms with Crippen LogP contribution in [0.3, 0.4) is 0 Å². The molecule has 0 saturated heterocycles. The average molecular weight is 288 g/mol. The van der Waals surface area contributed by atoms with E-state index in [1.165, 1.54) is 0 Å². The molecule has 6 heteroatoms. The molecule has 2 rings (SSSR count). The van der Waals surface area contributed by atoms with Crippen LogP contribution in [0.25, 0.3) is 0 Å².